The Kier molecular flexibility index (Phi) is 6.23. The number of aromatic nitrogens is 2. The number of fused-ring (bicyclic) bond motifs is 1. The van der Waals surface area contributed by atoms with Crippen LogP contribution >= 0.6 is 0 Å². The van der Waals surface area contributed by atoms with Crippen molar-refractivity contribution in [2.45, 2.75) is 58.0 Å². The average Bonchev–Trinajstić information content (AvgIpc) is 3.82. The van der Waals surface area contributed by atoms with Crippen LogP contribution < -0.4 is 5.62 Å². The number of nitrogens with zero attached hydrogens (tertiary/aromatic N) is 2. The maximum atomic E-state index is 12.5. The smallest absolute Gasteiger partial charge is 0.309 e. The molecule has 2 aliphatic rings. The molecule has 6 rings (SSSR count). The van der Waals surface area contributed by atoms with Gasteiger partial charge in [-0.15, -0.1) is 0 Å². The molecule has 37 heavy (non-hydrogen) atoms. The van der Waals surface area contributed by atoms with E-state index in [0.717, 1.165) is 23.9 Å². The number of hydrogen-bond donors (Lipinski definition) is 1. The van der Waals surface area contributed by atoms with Crippen LogP contribution in [0.25, 0.3) is 11.0 Å². The lowest BCUT2D eigenvalue weighted by molar-refractivity contribution is -0.146. The Morgan fingerprint density at radius 2 is 1.46 bits per heavy atom. The van der Waals surface area contributed by atoms with Gasteiger partial charge in [-0.25, -0.2) is 0 Å². The second-order valence-electron chi connectivity index (χ2n) is 11.0. The highest BCUT2D eigenvalue weighted by Gasteiger charge is 2.36. The van der Waals surface area contributed by atoms with Crippen LogP contribution in [0, 0.1) is 31.1 Å². The molecule has 0 amide bonds. The fourth-order valence-electron chi connectivity index (χ4n) is 5.51. The number of carbonyl (C=O) groups is 1. The molecular formula is C32H35N3O2. The summed E-state index contributed by atoms with van der Waals surface area (Å²) in [7, 11) is 0. The molecule has 0 saturated heterocycles. The normalized spacial score (nSPS) is 17.0. The predicted molar refractivity (Wildman–Crippen MR) is 145 cm³/mol. The monoisotopic (exact) mass is 493 g/mol. The van der Waals surface area contributed by atoms with E-state index in [1.54, 1.807) is 0 Å². The van der Waals surface area contributed by atoms with E-state index >= 15 is 0 Å². The van der Waals surface area contributed by atoms with Crippen molar-refractivity contribution in [3.63, 3.8) is 0 Å². The van der Waals surface area contributed by atoms with Gasteiger partial charge in [-0.2, -0.15) is 0 Å². The Morgan fingerprint density at radius 3 is 2.05 bits per heavy atom. The summed E-state index contributed by atoms with van der Waals surface area (Å²) in [5.41, 5.74) is 7.45. The molecule has 4 aromatic rings. The summed E-state index contributed by atoms with van der Waals surface area (Å²) in [6.07, 6.45) is 4.91. The molecule has 2 fully saturated rings. The van der Waals surface area contributed by atoms with Gasteiger partial charge in [-0.05, 0) is 75.1 Å². The van der Waals surface area contributed by atoms with E-state index in [4.69, 9.17) is 4.74 Å². The van der Waals surface area contributed by atoms with Crippen LogP contribution in [0.2, 0.25) is 0 Å². The summed E-state index contributed by atoms with van der Waals surface area (Å²) < 4.78 is 10.2. The third-order valence-electron chi connectivity index (χ3n) is 7.91. The largest absolute Gasteiger partial charge is 0.463 e. The topological polar surface area (TPSA) is 60.0 Å². The van der Waals surface area contributed by atoms with Gasteiger partial charge in [0, 0.05) is 0 Å². The number of ether oxygens (including phenoxy) is 1. The van der Waals surface area contributed by atoms with E-state index < -0.39 is 0 Å². The first-order chi connectivity index (χ1) is 18.0. The first-order valence-electron chi connectivity index (χ1n) is 13.5. The molecule has 190 valence electrons. The van der Waals surface area contributed by atoms with E-state index in [0.29, 0.717) is 18.0 Å². The van der Waals surface area contributed by atoms with E-state index in [2.05, 4.69) is 89.7 Å². The molecule has 1 aromatic heterocycles. The summed E-state index contributed by atoms with van der Waals surface area (Å²) in [6, 6.07) is 25.6. The molecule has 5 heteroatoms. The van der Waals surface area contributed by atoms with Crippen LogP contribution in [0.3, 0.4) is 0 Å². The van der Waals surface area contributed by atoms with Gasteiger partial charge in [0.25, 0.3) is 0 Å². The maximum Gasteiger partial charge on any atom is 0.309 e. The molecule has 0 spiro atoms. The first-order valence-corrected chi connectivity index (χ1v) is 13.5. The van der Waals surface area contributed by atoms with Gasteiger partial charge >= 0.3 is 5.97 Å². The van der Waals surface area contributed by atoms with Gasteiger partial charge in [0.05, 0.1) is 29.0 Å². The van der Waals surface area contributed by atoms with Gasteiger partial charge in [0.15, 0.2) is 0 Å². The van der Waals surface area contributed by atoms with Crippen molar-refractivity contribution in [3.05, 3.63) is 101 Å². The fourth-order valence-corrected chi connectivity index (χ4v) is 5.51. The summed E-state index contributed by atoms with van der Waals surface area (Å²) in [4.78, 5) is 12.5. The predicted octanol–water partition coefficient (Wildman–Crippen LogP) is 6.28. The number of aryl methyl sites for hydroxylation is 2. The van der Waals surface area contributed by atoms with Crippen molar-refractivity contribution in [1.29, 1.82) is 5.41 Å². The van der Waals surface area contributed by atoms with Crippen LogP contribution in [0.1, 0.15) is 60.0 Å². The lowest BCUT2D eigenvalue weighted by Crippen LogP contribution is -2.34. The second-order valence-corrected chi connectivity index (χ2v) is 11.0. The molecule has 0 radical (unpaired) electrons. The molecule has 0 aliphatic heterocycles. The fraction of sp³-hybridized carbons (Fsp3) is 0.375. The van der Waals surface area contributed by atoms with Crippen molar-refractivity contribution < 1.29 is 9.53 Å². The zero-order valence-corrected chi connectivity index (χ0v) is 21.7. The number of imidazole rings is 1. The van der Waals surface area contributed by atoms with E-state index in [-0.39, 0.29) is 30.6 Å². The summed E-state index contributed by atoms with van der Waals surface area (Å²) >= 11 is 0. The molecule has 1 heterocycles. The van der Waals surface area contributed by atoms with Crippen molar-refractivity contribution in [1.82, 2.24) is 9.13 Å². The second kappa shape index (κ2) is 9.70. The van der Waals surface area contributed by atoms with E-state index in [1.807, 2.05) is 6.07 Å². The zero-order valence-electron chi connectivity index (χ0n) is 21.7. The molecule has 5 nitrogen and oxygen atoms in total. The van der Waals surface area contributed by atoms with Crippen LogP contribution in [-0.2, 0) is 16.0 Å². The highest BCUT2D eigenvalue weighted by molar-refractivity contribution is 5.77. The maximum absolute atomic E-state index is 12.5. The lowest BCUT2D eigenvalue weighted by Gasteiger charge is -2.22. The Bertz CT molecular complexity index is 1470. The first kappa shape index (κ1) is 23.8. The van der Waals surface area contributed by atoms with Gasteiger partial charge in [0.1, 0.15) is 6.61 Å². The summed E-state index contributed by atoms with van der Waals surface area (Å²) in [5, 5.41) is 9.52. The van der Waals surface area contributed by atoms with Crippen LogP contribution in [0.15, 0.2) is 72.8 Å². The minimum atomic E-state index is -0.165. The number of carbonyl (C=O) groups excluding carboxylic acids is 1. The third kappa shape index (κ3) is 4.87. The SMILES string of the molecule is Cc1ccc(CC(COC(=O)C2CC2)n2c(=N)n(C(c3ccc(C)cc3)C3CC3)c3ccccc32)cc1. The number of rotatable bonds is 9. The van der Waals surface area contributed by atoms with Crippen molar-refractivity contribution in [2.75, 3.05) is 6.61 Å². The number of benzene rings is 3. The highest BCUT2D eigenvalue weighted by atomic mass is 16.5. The van der Waals surface area contributed by atoms with E-state index in [9.17, 15) is 10.2 Å². The Labute approximate surface area is 218 Å². The van der Waals surface area contributed by atoms with E-state index in [1.165, 1.54) is 35.1 Å². The number of hydrogen-bond acceptors (Lipinski definition) is 3. The Balaban J connectivity index is 1.46. The minimum Gasteiger partial charge on any atom is -0.463 e. The molecule has 2 aliphatic carbocycles. The van der Waals surface area contributed by atoms with Crippen LogP contribution in [-0.4, -0.2) is 21.7 Å². The molecule has 2 atom stereocenters. The number of esters is 1. The molecule has 2 unspecified atom stereocenters. The molecule has 2 saturated carbocycles. The van der Waals surface area contributed by atoms with Crippen LogP contribution in [0.5, 0.6) is 0 Å². The molecule has 0 bridgehead atoms. The third-order valence-corrected chi connectivity index (χ3v) is 7.91. The minimum absolute atomic E-state index is 0.0580. The van der Waals surface area contributed by atoms with Crippen molar-refractivity contribution >= 4 is 17.0 Å². The van der Waals surface area contributed by atoms with Gasteiger partial charge in [0.2, 0.25) is 5.62 Å². The number of para-hydroxylation sites is 2. The standard InChI is InChI=1S/C32H35N3O2/c1-21-7-11-23(12-8-21)19-27(20-37-31(36)26-17-18-26)34-28-5-3-4-6-29(28)35(32(34)33)30(25-15-16-25)24-13-9-22(2)10-14-24/h3-14,25-27,30,33H,15-20H2,1-2H3. The molecule has 1 N–H and O–H groups in total. The van der Waals surface area contributed by atoms with Gasteiger partial charge in [-0.3, -0.25) is 10.2 Å². The van der Waals surface area contributed by atoms with Gasteiger partial charge < -0.3 is 13.9 Å². The highest BCUT2D eigenvalue weighted by Crippen LogP contribution is 2.44. The summed E-state index contributed by atoms with van der Waals surface area (Å²) in [6.45, 7) is 4.47. The Morgan fingerprint density at radius 1 is 0.865 bits per heavy atom. The van der Waals surface area contributed by atoms with Crippen molar-refractivity contribution in [2.24, 2.45) is 11.8 Å². The van der Waals surface area contributed by atoms with Crippen LogP contribution in [0.4, 0.5) is 0 Å². The molecule has 3 aromatic carbocycles. The summed E-state index contributed by atoms with van der Waals surface area (Å²) in [5.74, 6) is 0.488. The average molecular weight is 494 g/mol. The lowest BCUT2D eigenvalue weighted by atomic mass is 10.0. The number of nitrogens with one attached hydrogen (secondary N) is 1. The van der Waals surface area contributed by atoms with Crippen molar-refractivity contribution in [3.8, 4) is 0 Å². The van der Waals surface area contributed by atoms with Gasteiger partial charge in [-0.1, -0.05) is 71.8 Å². The Hall–Kier alpha value is -3.60. The zero-order chi connectivity index (χ0) is 25.5. The molecular weight excluding hydrogens is 458 g/mol. The quantitative estimate of drug-likeness (QED) is 0.279.